The van der Waals surface area contributed by atoms with E-state index in [4.69, 9.17) is 11.0 Å². The molecule has 27 heavy (non-hydrogen) atoms. The molecule has 0 aliphatic carbocycles. The van der Waals surface area contributed by atoms with Crippen LogP contribution in [0.1, 0.15) is 22.8 Å². The first-order chi connectivity index (χ1) is 12.9. The minimum absolute atomic E-state index is 0.158. The first-order valence-corrected chi connectivity index (χ1v) is 8.65. The Labute approximate surface area is 157 Å². The summed E-state index contributed by atoms with van der Waals surface area (Å²) >= 11 is 0. The first-order valence-electron chi connectivity index (χ1n) is 8.65. The van der Waals surface area contributed by atoms with Crippen molar-refractivity contribution >= 4 is 22.5 Å². The number of benzene rings is 2. The second-order valence-corrected chi connectivity index (χ2v) is 6.84. The van der Waals surface area contributed by atoms with Crippen LogP contribution in [-0.2, 0) is 13.6 Å². The maximum absolute atomic E-state index is 13.0. The highest BCUT2D eigenvalue weighted by atomic mass is 16.2. The van der Waals surface area contributed by atoms with E-state index >= 15 is 0 Å². The quantitative estimate of drug-likeness (QED) is 0.576. The van der Waals surface area contributed by atoms with Crippen molar-refractivity contribution in [3.05, 3.63) is 59.8 Å². The lowest BCUT2D eigenvalue weighted by molar-refractivity contribution is 0.0745. The molecule has 4 rings (SSSR count). The summed E-state index contributed by atoms with van der Waals surface area (Å²) in [5.74, 6) is -0.158. The highest BCUT2D eigenvalue weighted by molar-refractivity contribution is 6.05. The van der Waals surface area contributed by atoms with Crippen LogP contribution >= 0.6 is 0 Å². The molecule has 2 heterocycles. The van der Waals surface area contributed by atoms with Gasteiger partial charge in [0.25, 0.3) is 5.91 Å². The van der Waals surface area contributed by atoms with E-state index < -0.39 is 0 Å². The highest BCUT2D eigenvalue weighted by Gasteiger charge is 2.35. The number of hydrogen-bond acceptors (Lipinski definition) is 4. The number of nitrogen functional groups attached to an aromatic ring is 1. The lowest BCUT2D eigenvalue weighted by Crippen LogP contribution is -2.34. The summed E-state index contributed by atoms with van der Waals surface area (Å²) in [5, 5.41) is 14.5. The fraction of sp³-hybridized carbons (Fsp3) is 0.190. The Kier molecular flexibility index (Phi) is 3.74. The van der Waals surface area contributed by atoms with Gasteiger partial charge < -0.3 is 10.6 Å². The van der Waals surface area contributed by atoms with Crippen LogP contribution in [0.25, 0.3) is 22.0 Å². The predicted molar refractivity (Wildman–Crippen MR) is 105 cm³/mol. The Balaban J connectivity index is 1.85. The Morgan fingerprint density at radius 1 is 1.37 bits per heavy atom. The normalized spacial score (nSPS) is 14.3. The number of carbonyl (C=O) groups is 1. The van der Waals surface area contributed by atoms with E-state index in [2.05, 4.69) is 17.7 Å². The third-order valence-electron chi connectivity index (χ3n) is 5.32. The van der Waals surface area contributed by atoms with Gasteiger partial charge in [-0.1, -0.05) is 24.8 Å². The van der Waals surface area contributed by atoms with Gasteiger partial charge in [-0.3, -0.25) is 9.48 Å². The van der Waals surface area contributed by atoms with Gasteiger partial charge in [-0.25, -0.2) is 0 Å². The van der Waals surface area contributed by atoms with E-state index in [0.29, 0.717) is 23.4 Å². The molecule has 6 heteroatoms. The minimum atomic E-state index is -0.373. The molecule has 2 aromatic carbocycles. The number of rotatable bonds is 3. The van der Waals surface area contributed by atoms with Crippen molar-refractivity contribution in [2.45, 2.75) is 19.5 Å². The zero-order valence-corrected chi connectivity index (χ0v) is 15.2. The van der Waals surface area contributed by atoms with Crippen molar-refractivity contribution in [2.75, 3.05) is 5.73 Å². The van der Waals surface area contributed by atoms with Gasteiger partial charge in [0.2, 0.25) is 0 Å². The Morgan fingerprint density at radius 2 is 2.15 bits per heavy atom. The minimum Gasteiger partial charge on any atom is -0.398 e. The summed E-state index contributed by atoms with van der Waals surface area (Å²) in [6, 6.07) is 11.5. The number of amides is 1. The lowest BCUT2D eigenvalue weighted by atomic mass is 9.95. The standard InChI is InChI=1S/C21H19N5O/c1-12(9-22)13(2)26-11-17-16(6-7-18(23)20(17)21(26)27)14-4-5-15-10-24-25(3)19(15)8-14/h4-8,10,13H,1,11,23H2,2-3H3. The van der Waals surface area contributed by atoms with Crippen molar-refractivity contribution in [3.8, 4) is 17.2 Å². The molecule has 1 aromatic heterocycles. The zero-order chi connectivity index (χ0) is 19.3. The van der Waals surface area contributed by atoms with Crippen molar-refractivity contribution in [3.63, 3.8) is 0 Å². The molecule has 1 aliphatic heterocycles. The fourth-order valence-corrected chi connectivity index (χ4v) is 3.64. The maximum Gasteiger partial charge on any atom is 0.257 e. The van der Waals surface area contributed by atoms with Gasteiger partial charge in [-0.2, -0.15) is 10.4 Å². The number of nitrogens with zero attached hydrogens (tertiary/aromatic N) is 4. The molecule has 1 amide bonds. The summed E-state index contributed by atoms with van der Waals surface area (Å²) < 4.78 is 1.83. The number of aryl methyl sites for hydroxylation is 1. The Bertz CT molecular complexity index is 1150. The van der Waals surface area contributed by atoms with Gasteiger partial charge in [-0.05, 0) is 35.7 Å². The molecule has 134 valence electrons. The van der Waals surface area contributed by atoms with Crippen LogP contribution in [0.15, 0.2) is 48.7 Å². The van der Waals surface area contributed by atoms with E-state index in [9.17, 15) is 4.79 Å². The molecule has 6 nitrogen and oxygen atoms in total. The third-order valence-corrected chi connectivity index (χ3v) is 5.32. The van der Waals surface area contributed by atoms with Crippen LogP contribution < -0.4 is 5.73 Å². The Morgan fingerprint density at radius 3 is 2.89 bits per heavy atom. The number of fused-ring (bicyclic) bond motifs is 2. The maximum atomic E-state index is 13.0. The molecule has 3 aromatic rings. The predicted octanol–water partition coefficient (Wildman–Crippen LogP) is 3.25. The summed E-state index contributed by atoms with van der Waals surface area (Å²) in [4.78, 5) is 14.6. The van der Waals surface area contributed by atoms with Crippen LogP contribution in [-0.4, -0.2) is 26.6 Å². The van der Waals surface area contributed by atoms with Gasteiger partial charge in [0.1, 0.15) is 0 Å². The third kappa shape index (κ3) is 2.48. The van der Waals surface area contributed by atoms with E-state index in [1.165, 1.54) is 0 Å². The van der Waals surface area contributed by atoms with Gasteiger partial charge in [-0.15, -0.1) is 0 Å². The summed E-state index contributed by atoms with van der Waals surface area (Å²) in [6.07, 6.45) is 1.83. The SMILES string of the molecule is C=C(C#N)C(C)N1Cc2c(-c3ccc4cnn(C)c4c3)ccc(N)c2C1=O. The molecule has 0 radical (unpaired) electrons. The highest BCUT2D eigenvalue weighted by Crippen LogP contribution is 2.38. The van der Waals surface area contributed by atoms with E-state index in [1.54, 1.807) is 11.0 Å². The molecular formula is C21H19N5O. The van der Waals surface area contributed by atoms with Crippen molar-refractivity contribution in [1.82, 2.24) is 14.7 Å². The van der Waals surface area contributed by atoms with Crippen LogP contribution in [0.3, 0.4) is 0 Å². The van der Waals surface area contributed by atoms with Crippen molar-refractivity contribution in [1.29, 1.82) is 5.26 Å². The molecule has 2 N–H and O–H groups in total. The molecule has 1 aliphatic rings. The molecule has 0 spiro atoms. The molecule has 1 unspecified atom stereocenters. The van der Waals surface area contributed by atoms with Gasteiger partial charge in [0, 0.05) is 30.2 Å². The van der Waals surface area contributed by atoms with Crippen LogP contribution in [0.4, 0.5) is 5.69 Å². The van der Waals surface area contributed by atoms with Gasteiger partial charge >= 0.3 is 0 Å². The van der Waals surface area contributed by atoms with Crippen LogP contribution in [0.5, 0.6) is 0 Å². The van der Waals surface area contributed by atoms with E-state index in [-0.39, 0.29) is 11.9 Å². The van der Waals surface area contributed by atoms with Crippen molar-refractivity contribution in [2.24, 2.45) is 7.05 Å². The zero-order valence-electron chi connectivity index (χ0n) is 15.2. The number of nitrogens with two attached hydrogens (primary N) is 1. The largest absolute Gasteiger partial charge is 0.398 e. The Hall–Kier alpha value is -3.59. The van der Waals surface area contributed by atoms with E-state index in [0.717, 1.165) is 27.6 Å². The number of aromatic nitrogens is 2. The molecular weight excluding hydrogens is 338 g/mol. The first kappa shape index (κ1) is 16.9. The van der Waals surface area contributed by atoms with Crippen LogP contribution in [0.2, 0.25) is 0 Å². The van der Waals surface area contributed by atoms with Gasteiger partial charge in [0.15, 0.2) is 0 Å². The average molecular weight is 357 g/mol. The smallest absolute Gasteiger partial charge is 0.257 e. The molecule has 0 saturated heterocycles. The fourth-order valence-electron chi connectivity index (χ4n) is 3.64. The molecule has 0 bridgehead atoms. The average Bonchev–Trinajstić information content (AvgIpc) is 3.22. The molecule has 1 atom stereocenters. The number of carbonyl (C=O) groups excluding carboxylic acids is 1. The van der Waals surface area contributed by atoms with Gasteiger partial charge in [0.05, 0.1) is 29.4 Å². The van der Waals surface area contributed by atoms with E-state index in [1.807, 2.05) is 49.1 Å². The molecule has 0 fully saturated rings. The molecule has 0 saturated carbocycles. The summed E-state index contributed by atoms with van der Waals surface area (Å²) in [5.41, 5.74) is 11.3. The number of hydrogen-bond donors (Lipinski definition) is 1. The number of anilines is 1. The van der Waals surface area contributed by atoms with Crippen molar-refractivity contribution < 1.29 is 4.79 Å². The second kappa shape index (κ2) is 5.99. The second-order valence-electron chi connectivity index (χ2n) is 6.84. The topological polar surface area (TPSA) is 87.9 Å². The number of nitriles is 1. The van der Waals surface area contributed by atoms with Crippen LogP contribution in [0, 0.1) is 11.3 Å². The lowest BCUT2D eigenvalue weighted by Gasteiger charge is -2.23. The monoisotopic (exact) mass is 357 g/mol. The summed E-state index contributed by atoms with van der Waals surface area (Å²) in [6.45, 7) is 5.97. The summed E-state index contributed by atoms with van der Waals surface area (Å²) in [7, 11) is 1.90.